The molecule has 11 rings (SSSR count). The van der Waals surface area contributed by atoms with Gasteiger partial charge in [-0.3, -0.25) is 0 Å². The molecule has 0 spiro atoms. The van der Waals surface area contributed by atoms with Crippen LogP contribution in [0.25, 0.3) is 110 Å². The van der Waals surface area contributed by atoms with Crippen molar-refractivity contribution in [1.82, 2.24) is 15.0 Å². The first kappa shape index (κ1) is 29.5. The van der Waals surface area contributed by atoms with Crippen LogP contribution in [0.5, 0.6) is 0 Å². The summed E-state index contributed by atoms with van der Waals surface area (Å²) in [7, 11) is 0. The summed E-state index contributed by atoms with van der Waals surface area (Å²) < 4.78 is 6.57. The molecule has 0 fully saturated rings. The molecule has 4 heteroatoms. The molecule has 2 aromatic heterocycles. The van der Waals surface area contributed by atoms with E-state index in [-0.39, 0.29) is 0 Å². The first-order valence-corrected chi connectivity index (χ1v) is 17.8. The lowest BCUT2D eigenvalue weighted by Gasteiger charge is -2.12. The highest BCUT2D eigenvalue weighted by molar-refractivity contribution is 6.18. The Kier molecular flexibility index (Phi) is 6.52. The summed E-state index contributed by atoms with van der Waals surface area (Å²) in [5.74, 6) is 1.84. The van der Waals surface area contributed by atoms with Gasteiger partial charge in [-0.05, 0) is 84.5 Å². The first-order chi connectivity index (χ1) is 26.2. The van der Waals surface area contributed by atoms with E-state index in [1.54, 1.807) is 0 Å². The fraction of sp³-hybridized carbons (Fsp3) is 0. The second-order valence-electron chi connectivity index (χ2n) is 13.6. The number of furan rings is 1. The van der Waals surface area contributed by atoms with Crippen molar-refractivity contribution in [3.05, 3.63) is 176 Å². The summed E-state index contributed by atoms with van der Waals surface area (Å²) in [4.78, 5) is 15.4. The molecule has 0 radical (unpaired) electrons. The highest BCUT2D eigenvalue weighted by Gasteiger charge is 2.20. The molecule has 0 unspecified atom stereocenters. The fourth-order valence-corrected chi connectivity index (χ4v) is 7.88. The summed E-state index contributed by atoms with van der Waals surface area (Å²) in [6.07, 6.45) is 0. The molecule has 9 aromatic carbocycles. The van der Waals surface area contributed by atoms with Crippen molar-refractivity contribution in [3.8, 4) is 45.3 Å². The zero-order chi connectivity index (χ0) is 34.9. The third-order valence-electron chi connectivity index (χ3n) is 10.5. The number of aromatic nitrogens is 3. The van der Waals surface area contributed by atoms with Crippen LogP contribution in [0.3, 0.4) is 0 Å². The van der Waals surface area contributed by atoms with Crippen LogP contribution < -0.4 is 0 Å². The number of para-hydroxylation sites is 1. The van der Waals surface area contributed by atoms with Gasteiger partial charge in [0.15, 0.2) is 17.5 Å². The molecule has 0 saturated heterocycles. The Balaban J connectivity index is 1.15. The van der Waals surface area contributed by atoms with Gasteiger partial charge in [0.05, 0.1) is 0 Å². The van der Waals surface area contributed by atoms with E-state index in [4.69, 9.17) is 19.4 Å². The van der Waals surface area contributed by atoms with Gasteiger partial charge in [-0.25, -0.2) is 15.0 Å². The van der Waals surface area contributed by atoms with E-state index < -0.39 is 0 Å². The summed E-state index contributed by atoms with van der Waals surface area (Å²) in [6, 6.07) is 61.7. The number of hydrogen-bond acceptors (Lipinski definition) is 4. The lowest BCUT2D eigenvalue weighted by molar-refractivity contribution is 0.669. The van der Waals surface area contributed by atoms with Crippen LogP contribution in [0, 0.1) is 0 Å². The molecule has 0 atom stereocenters. The molecule has 0 N–H and O–H groups in total. The van der Waals surface area contributed by atoms with Crippen molar-refractivity contribution >= 4 is 65.0 Å². The summed E-state index contributed by atoms with van der Waals surface area (Å²) in [5.41, 5.74) is 6.49. The standard InChI is InChI=1S/C49H29N3O/c1-2-12-32(13-3-1)47-50-48(36-19-18-30-10-4-5-14-33(30)27-36)52-49(51-47)43-28-37(29-45-46(43)42-16-8-9-17-44(42)53-45)34-21-23-39-35(26-34)22-25-40-38-15-7-6-11-31(38)20-24-41(39)40/h1-29H. The third kappa shape index (κ3) is 4.88. The monoisotopic (exact) mass is 675 g/mol. The van der Waals surface area contributed by atoms with E-state index in [2.05, 4.69) is 133 Å². The quantitative estimate of drug-likeness (QED) is 0.174. The minimum absolute atomic E-state index is 0.596. The maximum absolute atomic E-state index is 6.57. The van der Waals surface area contributed by atoms with Crippen LogP contribution in [0.2, 0.25) is 0 Å². The molecule has 11 aromatic rings. The molecule has 4 nitrogen and oxygen atoms in total. The van der Waals surface area contributed by atoms with E-state index in [9.17, 15) is 0 Å². The minimum atomic E-state index is 0.596. The molecule has 0 aliphatic rings. The van der Waals surface area contributed by atoms with Crippen LogP contribution in [0.1, 0.15) is 0 Å². The Hall–Kier alpha value is -7.17. The Bertz CT molecular complexity index is 3240. The van der Waals surface area contributed by atoms with Crippen LogP contribution in [-0.2, 0) is 0 Å². The van der Waals surface area contributed by atoms with Crippen molar-refractivity contribution < 1.29 is 4.42 Å². The third-order valence-corrected chi connectivity index (χ3v) is 10.5. The molecule has 246 valence electrons. The molecule has 0 aliphatic carbocycles. The van der Waals surface area contributed by atoms with Crippen molar-refractivity contribution in [2.24, 2.45) is 0 Å². The molecule has 0 bridgehead atoms. The highest BCUT2D eigenvalue weighted by Crippen LogP contribution is 2.41. The Morgan fingerprint density at radius 2 is 0.887 bits per heavy atom. The predicted octanol–water partition coefficient (Wildman–Crippen LogP) is 13.1. The number of nitrogens with zero attached hydrogens (tertiary/aromatic N) is 3. The molecule has 0 aliphatic heterocycles. The van der Waals surface area contributed by atoms with Crippen LogP contribution in [0.4, 0.5) is 0 Å². The van der Waals surface area contributed by atoms with Crippen LogP contribution >= 0.6 is 0 Å². The molecule has 2 heterocycles. The lowest BCUT2D eigenvalue weighted by Crippen LogP contribution is -2.00. The zero-order valence-corrected chi connectivity index (χ0v) is 28.5. The van der Waals surface area contributed by atoms with Gasteiger partial charge < -0.3 is 4.42 Å². The Labute approximate surface area is 304 Å². The van der Waals surface area contributed by atoms with Crippen molar-refractivity contribution in [1.29, 1.82) is 0 Å². The lowest BCUT2D eigenvalue weighted by atomic mass is 9.93. The Morgan fingerprint density at radius 3 is 1.74 bits per heavy atom. The van der Waals surface area contributed by atoms with Gasteiger partial charge in [0.2, 0.25) is 0 Å². The fourth-order valence-electron chi connectivity index (χ4n) is 7.88. The van der Waals surface area contributed by atoms with E-state index in [0.29, 0.717) is 17.5 Å². The molecular formula is C49H29N3O. The van der Waals surface area contributed by atoms with Gasteiger partial charge in [-0.2, -0.15) is 0 Å². The van der Waals surface area contributed by atoms with Gasteiger partial charge in [-0.1, -0.05) is 146 Å². The Morgan fingerprint density at radius 1 is 0.302 bits per heavy atom. The summed E-state index contributed by atoms with van der Waals surface area (Å²) in [5, 5.41) is 11.8. The number of fused-ring (bicyclic) bond motifs is 9. The predicted molar refractivity (Wildman–Crippen MR) is 219 cm³/mol. The van der Waals surface area contributed by atoms with E-state index >= 15 is 0 Å². The van der Waals surface area contributed by atoms with Gasteiger partial charge in [0.1, 0.15) is 11.2 Å². The SMILES string of the molecule is c1ccc(-c2nc(-c3ccc4ccccc4c3)nc(-c3cc(-c4ccc5c(ccc6c7ccccc7ccc56)c4)cc4oc5ccccc5c34)n2)cc1. The van der Waals surface area contributed by atoms with Gasteiger partial charge in [0, 0.05) is 27.5 Å². The second kappa shape index (κ2) is 11.7. The van der Waals surface area contributed by atoms with Crippen molar-refractivity contribution in [2.75, 3.05) is 0 Å². The van der Waals surface area contributed by atoms with Gasteiger partial charge in [0.25, 0.3) is 0 Å². The summed E-state index contributed by atoms with van der Waals surface area (Å²) in [6.45, 7) is 0. The minimum Gasteiger partial charge on any atom is -0.456 e. The van der Waals surface area contributed by atoms with E-state index in [0.717, 1.165) is 55.1 Å². The molecule has 0 amide bonds. The topological polar surface area (TPSA) is 51.8 Å². The molecular weight excluding hydrogens is 647 g/mol. The zero-order valence-electron chi connectivity index (χ0n) is 28.5. The molecule has 0 saturated carbocycles. The maximum Gasteiger partial charge on any atom is 0.164 e. The van der Waals surface area contributed by atoms with Crippen molar-refractivity contribution in [3.63, 3.8) is 0 Å². The van der Waals surface area contributed by atoms with Crippen LogP contribution in [0.15, 0.2) is 180 Å². The van der Waals surface area contributed by atoms with Crippen LogP contribution in [-0.4, -0.2) is 15.0 Å². The first-order valence-electron chi connectivity index (χ1n) is 17.8. The second-order valence-corrected chi connectivity index (χ2v) is 13.6. The summed E-state index contributed by atoms with van der Waals surface area (Å²) >= 11 is 0. The average molecular weight is 676 g/mol. The van der Waals surface area contributed by atoms with E-state index in [1.165, 1.54) is 37.7 Å². The smallest absolute Gasteiger partial charge is 0.164 e. The highest BCUT2D eigenvalue weighted by atomic mass is 16.3. The largest absolute Gasteiger partial charge is 0.456 e. The normalized spacial score (nSPS) is 11.8. The molecule has 53 heavy (non-hydrogen) atoms. The maximum atomic E-state index is 6.57. The number of rotatable bonds is 4. The van der Waals surface area contributed by atoms with Gasteiger partial charge in [-0.15, -0.1) is 0 Å². The van der Waals surface area contributed by atoms with Crippen molar-refractivity contribution in [2.45, 2.75) is 0 Å². The van der Waals surface area contributed by atoms with Gasteiger partial charge >= 0.3 is 0 Å². The average Bonchev–Trinajstić information content (AvgIpc) is 3.61. The number of hydrogen-bond donors (Lipinski definition) is 0. The van der Waals surface area contributed by atoms with E-state index in [1.807, 2.05) is 42.5 Å². The number of benzene rings is 9.